The molecule has 6 nitrogen and oxygen atoms in total. The molecule has 1 rings (SSSR count). The van der Waals surface area contributed by atoms with E-state index in [1.807, 2.05) is 6.07 Å². The monoisotopic (exact) mass is 346 g/mol. The summed E-state index contributed by atoms with van der Waals surface area (Å²) in [6.45, 7) is 1.65. The molecule has 0 radical (unpaired) electrons. The van der Waals surface area contributed by atoms with Crippen molar-refractivity contribution in [1.82, 2.24) is 4.98 Å². The fraction of sp³-hybridized carbons (Fsp3) is 0.538. The van der Waals surface area contributed by atoms with Gasteiger partial charge in [-0.15, -0.1) is 0 Å². The smallest absolute Gasteiger partial charge is 0.306 e. The second kappa shape index (κ2) is 9.68. The molecule has 20 heavy (non-hydrogen) atoms. The van der Waals surface area contributed by atoms with Crippen LogP contribution in [0.2, 0.25) is 0 Å². The van der Waals surface area contributed by atoms with Gasteiger partial charge in [-0.1, -0.05) is 6.07 Å². The molecule has 0 aliphatic rings. The maximum atomic E-state index is 11.5. The first-order valence-electron chi connectivity index (χ1n) is 6.26. The van der Waals surface area contributed by atoms with E-state index in [0.29, 0.717) is 36.7 Å². The standard InChI is InChI=1S/C13H19BrN2O4/c1-18-6-7-19-8-9-20-12(17)5-3-10-2-4-11(14)16-13(10)15/h2,4H,3,5-9H2,1H3,(H2,15,16). The SMILES string of the molecule is COCCOCCOC(=O)CCc1ccc(Br)nc1N. The van der Waals surface area contributed by atoms with Gasteiger partial charge >= 0.3 is 5.97 Å². The highest BCUT2D eigenvalue weighted by Crippen LogP contribution is 2.15. The average molecular weight is 347 g/mol. The van der Waals surface area contributed by atoms with Gasteiger partial charge in [0.15, 0.2) is 0 Å². The van der Waals surface area contributed by atoms with Crippen LogP contribution >= 0.6 is 15.9 Å². The fourth-order valence-corrected chi connectivity index (χ4v) is 1.78. The average Bonchev–Trinajstić information content (AvgIpc) is 2.41. The van der Waals surface area contributed by atoms with E-state index in [9.17, 15) is 4.79 Å². The first-order valence-corrected chi connectivity index (χ1v) is 7.06. The van der Waals surface area contributed by atoms with E-state index in [1.54, 1.807) is 13.2 Å². The Labute approximate surface area is 126 Å². The van der Waals surface area contributed by atoms with E-state index >= 15 is 0 Å². The Morgan fingerprint density at radius 1 is 1.30 bits per heavy atom. The fourth-order valence-electron chi connectivity index (χ4n) is 1.46. The number of esters is 1. The molecule has 1 aromatic rings. The van der Waals surface area contributed by atoms with Crippen molar-refractivity contribution in [2.45, 2.75) is 12.8 Å². The van der Waals surface area contributed by atoms with E-state index in [1.165, 1.54) is 0 Å². The summed E-state index contributed by atoms with van der Waals surface area (Å²) in [5.41, 5.74) is 6.59. The van der Waals surface area contributed by atoms with Crippen molar-refractivity contribution in [2.24, 2.45) is 0 Å². The quantitative estimate of drug-likeness (QED) is 0.415. The van der Waals surface area contributed by atoms with Gasteiger partial charge in [0, 0.05) is 13.5 Å². The minimum Gasteiger partial charge on any atom is -0.463 e. The van der Waals surface area contributed by atoms with E-state index in [4.69, 9.17) is 19.9 Å². The number of ether oxygens (including phenoxy) is 3. The Hall–Kier alpha value is -1.18. The number of hydrogen-bond donors (Lipinski definition) is 1. The van der Waals surface area contributed by atoms with Crippen LogP contribution in [0.5, 0.6) is 0 Å². The van der Waals surface area contributed by atoms with Crippen LogP contribution in [-0.2, 0) is 25.4 Å². The molecule has 112 valence electrons. The molecule has 0 bridgehead atoms. The Morgan fingerprint density at radius 3 is 2.75 bits per heavy atom. The molecule has 2 N–H and O–H groups in total. The highest BCUT2D eigenvalue weighted by atomic mass is 79.9. The summed E-state index contributed by atoms with van der Waals surface area (Å²) in [7, 11) is 1.60. The van der Waals surface area contributed by atoms with Gasteiger partial charge in [0.25, 0.3) is 0 Å². The number of pyridine rings is 1. The number of carbonyl (C=O) groups excluding carboxylic acids is 1. The predicted molar refractivity (Wildman–Crippen MR) is 78.3 cm³/mol. The molecule has 0 aliphatic heterocycles. The number of nitrogens with zero attached hydrogens (tertiary/aromatic N) is 1. The van der Waals surface area contributed by atoms with Crippen LogP contribution in [0.4, 0.5) is 5.82 Å². The maximum Gasteiger partial charge on any atom is 0.306 e. The zero-order chi connectivity index (χ0) is 14.8. The summed E-state index contributed by atoms with van der Waals surface area (Å²) in [4.78, 5) is 15.6. The van der Waals surface area contributed by atoms with Gasteiger partial charge in [-0.3, -0.25) is 4.79 Å². The van der Waals surface area contributed by atoms with Crippen molar-refractivity contribution in [3.63, 3.8) is 0 Å². The molecular formula is C13H19BrN2O4. The highest BCUT2D eigenvalue weighted by Gasteiger charge is 2.07. The lowest BCUT2D eigenvalue weighted by molar-refractivity contribution is -0.145. The van der Waals surface area contributed by atoms with Crippen molar-refractivity contribution in [3.05, 3.63) is 22.3 Å². The number of aryl methyl sites for hydroxylation is 1. The molecule has 0 aromatic carbocycles. The number of hydrogen-bond acceptors (Lipinski definition) is 6. The molecule has 0 atom stereocenters. The lowest BCUT2D eigenvalue weighted by Crippen LogP contribution is -2.13. The second-order valence-electron chi connectivity index (χ2n) is 4.00. The van der Waals surface area contributed by atoms with E-state index in [-0.39, 0.29) is 19.0 Å². The van der Waals surface area contributed by atoms with E-state index < -0.39 is 0 Å². The number of nitrogen functional groups attached to an aromatic ring is 1. The lowest BCUT2D eigenvalue weighted by atomic mass is 10.1. The predicted octanol–water partition coefficient (Wildman–Crippen LogP) is 1.57. The van der Waals surface area contributed by atoms with Crippen molar-refractivity contribution in [1.29, 1.82) is 0 Å². The molecule has 0 amide bonds. The summed E-state index contributed by atoms with van der Waals surface area (Å²) >= 11 is 3.23. The van der Waals surface area contributed by atoms with Gasteiger partial charge in [-0.05, 0) is 34.0 Å². The minimum atomic E-state index is -0.275. The number of nitrogens with two attached hydrogens (primary N) is 1. The Morgan fingerprint density at radius 2 is 2.05 bits per heavy atom. The summed E-state index contributed by atoms with van der Waals surface area (Å²) in [6, 6.07) is 3.63. The number of aromatic nitrogens is 1. The molecule has 0 saturated carbocycles. The normalized spacial score (nSPS) is 10.5. The maximum absolute atomic E-state index is 11.5. The number of carbonyl (C=O) groups is 1. The zero-order valence-electron chi connectivity index (χ0n) is 11.4. The van der Waals surface area contributed by atoms with Crippen LogP contribution in [0.3, 0.4) is 0 Å². The van der Waals surface area contributed by atoms with Gasteiger partial charge in [0.05, 0.1) is 19.8 Å². The van der Waals surface area contributed by atoms with Crippen LogP contribution in [0.1, 0.15) is 12.0 Å². The third-order valence-electron chi connectivity index (χ3n) is 2.50. The molecule has 7 heteroatoms. The summed E-state index contributed by atoms with van der Waals surface area (Å²) in [5, 5.41) is 0. The van der Waals surface area contributed by atoms with Crippen molar-refractivity contribution >= 4 is 27.7 Å². The number of halogens is 1. The van der Waals surface area contributed by atoms with Gasteiger partial charge in [0.1, 0.15) is 17.0 Å². The van der Waals surface area contributed by atoms with Gasteiger partial charge in [-0.25, -0.2) is 4.98 Å². The molecule has 0 spiro atoms. The molecule has 1 aromatic heterocycles. The number of anilines is 1. The van der Waals surface area contributed by atoms with E-state index in [0.717, 1.165) is 5.56 Å². The van der Waals surface area contributed by atoms with Crippen molar-refractivity contribution in [3.8, 4) is 0 Å². The molecule has 0 saturated heterocycles. The highest BCUT2D eigenvalue weighted by molar-refractivity contribution is 9.10. The summed E-state index contributed by atoms with van der Waals surface area (Å²) < 4.78 is 15.7. The van der Waals surface area contributed by atoms with E-state index in [2.05, 4.69) is 20.9 Å². The Balaban J connectivity index is 2.16. The number of rotatable bonds is 9. The van der Waals surface area contributed by atoms with Crippen molar-refractivity contribution < 1.29 is 19.0 Å². The van der Waals surface area contributed by atoms with Gasteiger partial charge < -0.3 is 19.9 Å². The third-order valence-corrected chi connectivity index (χ3v) is 2.94. The Bertz CT molecular complexity index is 429. The topological polar surface area (TPSA) is 83.7 Å². The summed E-state index contributed by atoms with van der Waals surface area (Å²) in [6.07, 6.45) is 0.779. The zero-order valence-corrected chi connectivity index (χ0v) is 13.0. The minimum absolute atomic E-state index is 0.247. The van der Waals surface area contributed by atoms with Gasteiger partial charge in [-0.2, -0.15) is 0 Å². The molecule has 0 aliphatic carbocycles. The summed E-state index contributed by atoms with van der Waals surface area (Å²) in [5.74, 6) is 0.151. The van der Waals surface area contributed by atoms with Crippen molar-refractivity contribution in [2.75, 3.05) is 39.3 Å². The van der Waals surface area contributed by atoms with Crippen LogP contribution in [0.15, 0.2) is 16.7 Å². The largest absolute Gasteiger partial charge is 0.463 e. The molecular weight excluding hydrogens is 328 g/mol. The van der Waals surface area contributed by atoms with Crippen LogP contribution < -0.4 is 5.73 Å². The second-order valence-corrected chi connectivity index (χ2v) is 4.82. The molecule has 0 unspecified atom stereocenters. The number of methoxy groups -OCH3 is 1. The Kier molecular flexibility index (Phi) is 8.17. The first-order chi connectivity index (χ1) is 9.63. The third kappa shape index (κ3) is 6.83. The van der Waals surface area contributed by atoms with Crippen LogP contribution in [0, 0.1) is 0 Å². The lowest BCUT2D eigenvalue weighted by Gasteiger charge is -2.07. The molecule has 1 heterocycles. The van der Waals surface area contributed by atoms with Crippen LogP contribution in [0.25, 0.3) is 0 Å². The van der Waals surface area contributed by atoms with Crippen LogP contribution in [-0.4, -0.2) is 44.5 Å². The first kappa shape index (κ1) is 16.9. The van der Waals surface area contributed by atoms with Gasteiger partial charge in [0.2, 0.25) is 0 Å². The molecule has 0 fully saturated rings.